The van der Waals surface area contributed by atoms with Crippen molar-refractivity contribution in [3.63, 3.8) is 0 Å². The van der Waals surface area contributed by atoms with Crippen LogP contribution in [-0.2, 0) is 15.9 Å². The number of benzene rings is 2. The lowest BCUT2D eigenvalue weighted by atomic mass is 9.88. The summed E-state index contributed by atoms with van der Waals surface area (Å²) in [4.78, 5) is 28.9. The molecular formula is C30H30ClF4N3O5. The maximum Gasteiger partial charge on any atom is 0.424 e. The minimum absolute atomic E-state index is 0.0281. The van der Waals surface area contributed by atoms with Crippen LogP contribution in [0.15, 0.2) is 48.5 Å². The van der Waals surface area contributed by atoms with Gasteiger partial charge in [-0.15, -0.1) is 0 Å². The van der Waals surface area contributed by atoms with E-state index in [9.17, 15) is 32.3 Å². The lowest BCUT2D eigenvalue weighted by molar-refractivity contribution is -0.265. The molecule has 1 unspecified atom stereocenters. The summed E-state index contributed by atoms with van der Waals surface area (Å²) in [5.74, 6) is -1.51. The smallest absolute Gasteiger partial charge is 0.424 e. The SMILES string of the molecule is COc1cc(C(=O)NCC(O)(c2cc(C(C)(C)NC(C)=O)cc(-c3ccc(F)c(Cl)c3)n2)C(F)(F)F)ccc1OC1CC1. The standard InChI is InChI=1S/C30H30ClF4N3O5/c1-16(39)38-28(2,3)19-13-23(17-5-9-22(32)21(31)11-17)37-26(14-19)29(41,30(33,34)35)15-36-27(40)18-6-10-24(25(12-18)42-4)43-20-7-8-20/h5-6,9-14,20,41H,7-8,15H2,1-4H3,(H,36,40)(H,38,39). The first-order valence-electron chi connectivity index (χ1n) is 13.2. The summed E-state index contributed by atoms with van der Waals surface area (Å²) in [6.45, 7) is 3.03. The molecule has 2 amide bonds. The van der Waals surface area contributed by atoms with E-state index in [-0.39, 0.29) is 39.3 Å². The van der Waals surface area contributed by atoms with Crippen molar-refractivity contribution in [3.05, 3.63) is 76.2 Å². The predicted octanol–water partition coefficient (Wildman–Crippen LogP) is 5.64. The van der Waals surface area contributed by atoms with Gasteiger partial charge in [-0.05, 0) is 80.8 Å². The van der Waals surface area contributed by atoms with Crippen LogP contribution in [0.3, 0.4) is 0 Å². The van der Waals surface area contributed by atoms with Gasteiger partial charge in [-0.2, -0.15) is 13.2 Å². The number of ether oxygens (including phenoxy) is 2. The summed E-state index contributed by atoms with van der Waals surface area (Å²) in [5, 5.41) is 15.7. The van der Waals surface area contributed by atoms with E-state index < -0.39 is 47.2 Å². The van der Waals surface area contributed by atoms with Crippen LogP contribution in [0.1, 0.15) is 55.2 Å². The third-order valence-electron chi connectivity index (χ3n) is 6.89. The highest BCUT2D eigenvalue weighted by atomic mass is 35.5. The molecule has 8 nitrogen and oxygen atoms in total. The molecule has 1 aliphatic rings. The van der Waals surface area contributed by atoms with Gasteiger partial charge in [-0.3, -0.25) is 9.59 Å². The molecule has 0 bridgehead atoms. The Morgan fingerprint density at radius 1 is 1.07 bits per heavy atom. The van der Waals surface area contributed by atoms with Gasteiger partial charge in [0.05, 0.1) is 41.7 Å². The molecule has 1 aliphatic carbocycles. The van der Waals surface area contributed by atoms with Gasteiger partial charge < -0.3 is 25.2 Å². The van der Waals surface area contributed by atoms with E-state index in [1.54, 1.807) is 13.8 Å². The van der Waals surface area contributed by atoms with Crippen LogP contribution in [0, 0.1) is 5.82 Å². The van der Waals surface area contributed by atoms with Gasteiger partial charge in [0.25, 0.3) is 5.91 Å². The molecule has 1 atom stereocenters. The Kier molecular flexibility index (Phi) is 8.94. The molecule has 230 valence electrons. The summed E-state index contributed by atoms with van der Waals surface area (Å²) in [7, 11) is 1.37. The average Bonchev–Trinajstić information content (AvgIpc) is 3.75. The Morgan fingerprint density at radius 3 is 2.35 bits per heavy atom. The second-order valence-electron chi connectivity index (χ2n) is 10.8. The zero-order valence-corrected chi connectivity index (χ0v) is 24.5. The van der Waals surface area contributed by atoms with Crippen molar-refractivity contribution in [1.29, 1.82) is 0 Å². The molecule has 13 heteroatoms. The van der Waals surface area contributed by atoms with Crippen molar-refractivity contribution in [1.82, 2.24) is 15.6 Å². The molecular weight excluding hydrogens is 594 g/mol. The monoisotopic (exact) mass is 623 g/mol. The number of methoxy groups -OCH3 is 1. The number of carbonyl (C=O) groups is 2. The quantitative estimate of drug-likeness (QED) is 0.252. The zero-order chi connectivity index (χ0) is 31.7. The van der Waals surface area contributed by atoms with Crippen LogP contribution in [0.2, 0.25) is 5.02 Å². The second kappa shape index (κ2) is 12.0. The topological polar surface area (TPSA) is 110 Å². The molecule has 1 heterocycles. The van der Waals surface area contributed by atoms with E-state index in [0.717, 1.165) is 25.0 Å². The molecule has 0 radical (unpaired) electrons. The third kappa shape index (κ3) is 7.19. The van der Waals surface area contributed by atoms with Crippen LogP contribution < -0.4 is 20.1 Å². The largest absolute Gasteiger partial charge is 0.493 e. The van der Waals surface area contributed by atoms with Crippen molar-refractivity contribution in [3.8, 4) is 22.8 Å². The van der Waals surface area contributed by atoms with Gasteiger partial charge in [0.2, 0.25) is 11.5 Å². The maximum atomic E-state index is 14.6. The third-order valence-corrected chi connectivity index (χ3v) is 7.18. The van der Waals surface area contributed by atoms with Crippen molar-refractivity contribution in [2.24, 2.45) is 0 Å². The normalized spacial score (nSPS) is 14.9. The van der Waals surface area contributed by atoms with Gasteiger partial charge in [0.1, 0.15) is 5.82 Å². The Balaban J connectivity index is 1.73. The molecule has 3 aromatic rings. The number of amides is 2. The van der Waals surface area contributed by atoms with E-state index in [1.165, 1.54) is 50.4 Å². The molecule has 2 aromatic carbocycles. The molecule has 1 aromatic heterocycles. The fourth-order valence-corrected chi connectivity index (χ4v) is 4.52. The molecule has 0 saturated heterocycles. The van der Waals surface area contributed by atoms with Crippen LogP contribution >= 0.6 is 11.6 Å². The minimum atomic E-state index is -5.32. The number of nitrogens with one attached hydrogen (secondary N) is 2. The molecule has 0 spiro atoms. The van der Waals surface area contributed by atoms with Crippen molar-refractivity contribution < 1.29 is 41.7 Å². The van der Waals surface area contributed by atoms with Gasteiger partial charge in [0.15, 0.2) is 11.5 Å². The predicted molar refractivity (Wildman–Crippen MR) is 150 cm³/mol. The van der Waals surface area contributed by atoms with E-state index >= 15 is 0 Å². The van der Waals surface area contributed by atoms with Crippen LogP contribution in [0.4, 0.5) is 17.6 Å². The fourth-order valence-electron chi connectivity index (χ4n) is 4.34. The van der Waals surface area contributed by atoms with Gasteiger partial charge >= 0.3 is 6.18 Å². The second-order valence-corrected chi connectivity index (χ2v) is 11.2. The number of pyridine rings is 1. The van der Waals surface area contributed by atoms with Gasteiger partial charge in [-0.25, -0.2) is 9.37 Å². The minimum Gasteiger partial charge on any atom is -0.493 e. The number of nitrogens with zero attached hydrogens (tertiary/aromatic N) is 1. The summed E-state index contributed by atoms with van der Waals surface area (Å²) in [6, 6.07) is 10.0. The number of hydrogen-bond donors (Lipinski definition) is 3. The Hall–Kier alpha value is -3.90. The first-order chi connectivity index (χ1) is 20.0. The Labute approximate surface area is 250 Å². The number of rotatable bonds is 10. The van der Waals surface area contributed by atoms with Crippen LogP contribution in [-0.4, -0.2) is 47.8 Å². The summed E-state index contributed by atoms with van der Waals surface area (Å²) >= 11 is 5.91. The van der Waals surface area contributed by atoms with Gasteiger partial charge in [-0.1, -0.05) is 11.6 Å². The Morgan fingerprint density at radius 2 is 1.77 bits per heavy atom. The zero-order valence-electron chi connectivity index (χ0n) is 23.7. The summed E-state index contributed by atoms with van der Waals surface area (Å²) < 4.78 is 68.7. The molecule has 0 aliphatic heterocycles. The maximum absolute atomic E-state index is 14.6. The van der Waals surface area contributed by atoms with Crippen molar-refractivity contribution in [2.45, 2.75) is 57.0 Å². The lowest BCUT2D eigenvalue weighted by Crippen LogP contribution is -2.52. The van der Waals surface area contributed by atoms with E-state index in [0.29, 0.717) is 5.75 Å². The van der Waals surface area contributed by atoms with Gasteiger partial charge in [0, 0.05) is 18.1 Å². The van der Waals surface area contributed by atoms with Crippen molar-refractivity contribution >= 4 is 23.4 Å². The van der Waals surface area contributed by atoms with Crippen molar-refractivity contribution in [2.75, 3.05) is 13.7 Å². The summed E-state index contributed by atoms with van der Waals surface area (Å²) in [5.41, 5.74) is -5.58. The summed E-state index contributed by atoms with van der Waals surface area (Å²) in [6.07, 6.45) is -3.50. The highest BCUT2D eigenvalue weighted by molar-refractivity contribution is 6.31. The number of carbonyl (C=O) groups excluding carboxylic acids is 2. The Bertz CT molecular complexity index is 1540. The lowest BCUT2D eigenvalue weighted by Gasteiger charge is -2.33. The molecule has 1 saturated carbocycles. The molecule has 43 heavy (non-hydrogen) atoms. The first-order valence-corrected chi connectivity index (χ1v) is 13.6. The first kappa shape index (κ1) is 32.0. The van der Waals surface area contributed by atoms with E-state index in [2.05, 4.69) is 15.6 Å². The number of halogens is 5. The van der Waals surface area contributed by atoms with E-state index in [4.69, 9.17) is 21.1 Å². The van der Waals surface area contributed by atoms with Crippen LogP contribution in [0.25, 0.3) is 11.3 Å². The molecule has 1 fully saturated rings. The highest BCUT2D eigenvalue weighted by Crippen LogP contribution is 2.41. The highest BCUT2D eigenvalue weighted by Gasteiger charge is 2.56. The number of aliphatic hydroxyl groups is 1. The van der Waals surface area contributed by atoms with E-state index in [1.807, 2.05) is 0 Å². The molecule has 3 N–H and O–H groups in total. The molecule has 4 rings (SSSR count). The number of alkyl halides is 3. The number of aromatic nitrogens is 1. The average molecular weight is 624 g/mol. The number of hydrogen-bond acceptors (Lipinski definition) is 6. The fraction of sp³-hybridized carbons (Fsp3) is 0.367. The van der Waals surface area contributed by atoms with Crippen LogP contribution in [0.5, 0.6) is 11.5 Å².